The first-order chi connectivity index (χ1) is 48.5. The maximum absolute atomic E-state index is 13.6. The third-order valence-electron chi connectivity index (χ3n) is 23.6. The predicted octanol–water partition coefficient (Wildman–Crippen LogP) is 3.33. The van der Waals surface area contributed by atoms with E-state index in [1.807, 2.05) is 6.92 Å². The lowest BCUT2D eigenvalue weighted by atomic mass is 8.76. The van der Waals surface area contributed by atoms with Crippen molar-refractivity contribution in [1.82, 2.24) is 0 Å². The van der Waals surface area contributed by atoms with Crippen molar-refractivity contribution in [2.24, 2.45) is 71.0 Å². The summed E-state index contributed by atoms with van der Waals surface area (Å²) in [5.74, 6) is -9.44. The minimum Gasteiger partial charge on any atom is -0.477 e. The quantitative estimate of drug-likeness (QED) is 0.0454. The van der Waals surface area contributed by atoms with Gasteiger partial charge in [0.05, 0.1) is 28.6 Å². The van der Waals surface area contributed by atoms with E-state index in [1.54, 1.807) is 0 Å². The van der Waals surface area contributed by atoms with Gasteiger partial charge in [0.15, 0.2) is 14.3 Å². The van der Waals surface area contributed by atoms with Crippen molar-refractivity contribution < 1.29 is 132 Å². The van der Waals surface area contributed by atoms with Gasteiger partial charge in [-0.2, -0.15) is 17.6 Å². The molecule has 15 nitrogen and oxygen atoms in total. The number of carbonyl (C=O) groups is 6. The fraction of sp³-hybridized carbons (Fsp3) is 0.595. The summed E-state index contributed by atoms with van der Waals surface area (Å²) in [6, 6.07) is 42.8. The van der Waals surface area contributed by atoms with Crippen LogP contribution in [0.15, 0.2) is 121 Å². The Kier molecular flexibility index (Phi) is 25.1. The van der Waals surface area contributed by atoms with E-state index >= 15 is 0 Å². The van der Waals surface area contributed by atoms with Crippen LogP contribution in [0.4, 0.5) is 17.6 Å². The Morgan fingerprint density at radius 1 is 0.559 bits per heavy atom. The molecule has 0 spiro atoms. The minimum atomic E-state index is -3.58. The summed E-state index contributed by atoms with van der Waals surface area (Å²) in [6.45, 7) is 4.67. The first-order valence-electron chi connectivity index (χ1n) is 35.8. The smallest absolute Gasteiger partial charge is 0.377 e. The Morgan fingerprint density at radius 2 is 0.912 bits per heavy atom. The van der Waals surface area contributed by atoms with Crippen LogP contribution in [0.3, 0.4) is 0 Å². The highest BCUT2D eigenvalue weighted by Gasteiger charge is 2.68. The molecule has 12 saturated carbocycles. The Labute approximate surface area is 623 Å². The number of hydrogen-bond donors (Lipinski definition) is 2. The second kappa shape index (κ2) is 32.7. The fourth-order valence-electron chi connectivity index (χ4n) is 19.2. The van der Waals surface area contributed by atoms with E-state index in [4.69, 9.17) is 69.2 Å². The molecule has 0 aromatic heterocycles. The average Bonchev–Trinajstić information content (AvgIpc) is 1.23. The van der Waals surface area contributed by atoms with Crippen LogP contribution in [0.2, 0.25) is 0 Å². The molecule has 2 heterocycles. The topological polar surface area (TPSA) is 207 Å². The van der Waals surface area contributed by atoms with E-state index in [0.29, 0.717) is 56.8 Å². The SMILES string of the molecule is CC(F)(F)C(=O)O.CCC1(O)C2CC3CC1CC(OCC(=O)OC1C4CC5C(=O)OC1C5C4)(C3)C2.CCC1(OC(=O)C(C)(F)F)C2CC3CC1CC(OCC(=O)OC1C4CC5C(=O)OC1C5C4)(C3)C2.[B][B]B([B])B([B])[B].c1ccc([I+]c2ccccc2)cc1.c1ccc([I+]c2ccccc2)cc1. The van der Waals surface area contributed by atoms with Crippen LogP contribution in [0, 0.1) is 85.3 Å². The summed E-state index contributed by atoms with van der Waals surface area (Å²) in [6.07, 6.45) is 11.0. The molecular weight excluding hydrogens is 1530 g/mol. The molecule has 14 unspecified atom stereocenters. The molecule has 102 heavy (non-hydrogen) atoms. The Balaban J connectivity index is 0.000000136. The van der Waals surface area contributed by atoms with E-state index in [0.717, 1.165) is 83.5 Å². The first kappa shape index (κ1) is 78.3. The molecule has 14 fully saturated rings. The summed E-state index contributed by atoms with van der Waals surface area (Å²) < 4.78 is 96.2. The van der Waals surface area contributed by atoms with Gasteiger partial charge in [-0.05, 0) is 175 Å². The highest BCUT2D eigenvalue weighted by atomic mass is 127. The number of carboxylic acids is 1. The van der Waals surface area contributed by atoms with Gasteiger partial charge in [-0.15, -0.1) is 0 Å². The molecule has 2 aliphatic heterocycles. The number of halogens is 6. The number of aliphatic hydroxyl groups is 1. The lowest BCUT2D eigenvalue weighted by Gasteiger charge is -2.64. The normalized spacial score (nSPS) is 34.8. The zero-order valence-electron chi connectivity index (χ0n) is 58.0. The van der Waals surface area contributed by atoms with E-state index in [-0.39, 0.29) is 157 Å². The van der Waals surface area contributed by atoms with Crippen LogP contribution in [-0.2, 0) is 61.9 Å². The highest BCUT2D eigenvalue weighted by Crippen LogP contribution is 2.65. The van der Waals surface area contributed by atoms with E-state index in [1.165, 1.54) is 21.3 Å². The predicted molar refractivity (Wildman–Crippen MR) is 367 cm³/mol. The zero-order chi connectivity index (χ0) is 73.1. The van der Waals surface area contributed by atoms with E-state index in [9.17, 15) is 51.4 Å². The maximum Gasteiger partial charge on any atom is 0.377 e. The van der Waals surface area contributed by atoms with Crippen LogP contribution < -0.4 is 42.4 Å². The zero-order valence-corrected chi connectivity index (χ0v) is 62.3. The number of aliphatic carboxylic acids is 1. The Morgan fingerprint density at radius 3 is 1.22 bits per heavy atom. The number of carboxylic acid groups (broad SMARTS) is 1. The first-order valence-corrected chi connectivity index (χ1v) is 40.1. The molecule has 14 aliphatic rings. The highest BCUT2D eigenvalue weighted by molar-refractivity contribution is 7.81. The molecule has 28 heteroatoms. The molecule has 2 saturated heterocycles. The van der Waals surface area contributed by atoms with Gasteiger partial charge in [-0.25, -0.2) is 19.2 Å². The van der Waals surface area contributed by atoms with Gasteiger partial charge in [0.2, 0.25) is 0 Å². The second-order valence-electron chi connectivity index (χ2n) is 30.2. The van der Waals surface area contributed by atoms with Crippen molar-refractivity contribution in [3.63, 3.8) is 0 Å². The summed E-state index contributed by atoms with van der Waals surface area (Å²) in [5, 5.41) is 18.6. The molecule has 14 atom stereocenters. The van der Waals surface area contributed by atoms with Crippen molar-refractivity contribution in [1.29, 1.82) is 0 Å². The number of ether oxygens (including phenoxy) is 7. The third kappa shape index (κ3) is 17.7. The van der Waals surface area contributed by atoms with E-state index in [2.05, 4.69) is 128 Å². The number of benzene rings is 4. The Bertz CT molecular complexity index is 3370. The number of alkyl halides is 4. The third-order valence-corrected chi connectivity index (χ3v) is 29.0. The van der Waals surface area contributed by atoms with Crippen molar-refractivity contribution in [2.75, 3.05) is 13.2 Å². The lowest BCUT2D eigenvalue weighted by molar-refractivity contribution is -0.597. The Hall–Kier alpha value is -4.79. The number of esters is 5. The van der Waals surface area contributed by atoms with Crippen LogP contribution in [-0.4, -0.2) is 169 Å². The molecule has 12 aliphatic carbocycles. The molecule has 533 valence electrons. The number of carbonyl (C=O) groups excluding carboxylic acids is 5. The molecule has 12 bridgehead atoms. The van der Waals surface area contributed by atoms with E-state index < -0.39 is 52.9 Å². The maximum atomic E-state index is 13.6. The van der Waals surface area contributed by atoms with Crippen molar-refractivity contribution >= 4 is 86.6 Å². The molecule has 9 radical (unpaired) electrons. The van der Waals surface area contributed by atoms with Crippen molar-refractivity contribution in [3.8, 4) is 0 Å². The van der Waals surface area contributed by atoms with Gasteiger partial charge < -0.3 is 43.4 Å². The van der Waals surface area contributed by atoms with Gasteiger partial charge in [0, 0.05) is 100 Å². The summed E-state index contributed by atoms with van der Waals surface area (Å²) >= 11 is 0.0574. The van der Waals surface area contributed by atoms with Gasteiger partial charge in [0.1, 0.15) is 43.2 Å². The largest absolute Gasteiger partial charge is 0.477 e. The lowest BCUT2D eigenvalue weighted by Crippen LogP contribution is -3.61. The number of rotatable bonds is 19. The number of fused-ring (bicyclic) bond motifs is 2. The molecule has 2 N–H and O–H groups in total. The van der Waals surface area contributed by atoms with Crippen LogP contribution in [0.1, 0.15) is 130 Å². The minimum absolute atomic E-state index is 0.0287. The van der Waals surface area contributed by atoms with Gasteiger partial charge in [-0.3, -0.25) is 9.59 Å². The molecule has 18 rings (SSSR count). The molecule has 4 aromatic carbocycles. The van der Waals surface area contributed by atoms with Crippen molar-refractivity contribution in [3.05, 3.63) is 136 Å². The van der Waals surface area contributed by atoms with Gasteiger partial charge in [-0.1, -0.05) is 86.6 Å². The average molecular weight is 1620 g/mol. The molecule has 4 aromatic rings. The fourth-order valence-corrected chi connectivity index (χ4v) is 23.8. The summed E-state index contributed by atoms with van der Waals surface area (Å²) in [5.41, 5.74) is -2.23. The van der Waals surface area contributed by atoms with Gasteiger partial charge in [0.25, 0.3) is 0 Å². The second-order valence-corrected chi connectivity index (χ2v) is 36.3. The van der Waals surface area contributed by atoms with Crippen LogP contribution in [0.5, 0.6) is 0 Å². The summed E-state index contributed by atoms with van der Waals surface area (Å²) in [7, 11) is 21.6. The van der Waals surface area contributed by atoms with Crippen LogP contribution >= 0.6 is 0 Å². The molecular formula is C74H86B7F4I2O15+2. The summed E-state index contributed by atoms with van der Waals surface area (Å²) in [4.78, 5) is 70.5. The number of hydrogen-bond acceptors (Lipinski definition) is 14. The van der Waals surface area contributed by atoms with Crippen LogP contribution in [0.25, 0.3) is 0 Å². The molecule has 0 amide bonds. The van der Waals surface area contributed by atoms with Gasteiger partial charge >= 0.3 is 90.1 Å². The monoisotopic (exact) mass is 1620 g/mol. The van der Waals surface area contributed by atoms with Crippen molar-refractivity contribution in [2.45, 2.75) is 189 Å². The standard InChI is InChI=1S/C25H32F2O7.C22H30O6.2C12H10I.C3H4F2O2.B7/c1-3-25(34-22(30)23(2,26)27)14-4-12-5-15(25)10-24(8-12,9-14)31-11-18(28)32-19-13-6-16-17(7-13)21(29)33-20(16)19;1-2-22(25)13-3-11-4-14(22)9-21(7-11,8-13)26-10-17(23)27-18-12-5-15-16(6-12)20(24)28-19(15)18;2*1-3-7-11(8-4-1)13-12-9-5-2-6-10-12;1-3(4,5)2(6)7;1-5-7(4)6(2)3/h12-17,19-20H,3-11H2,1-2H3;11-16,18-19,25H,2-10H2,1H3;2*1-10H;1H3,(H,6,7);/q;;2*+1;;.